The molecular formula is C23H19N3O3S. The molecule has 0 saturated carbocycles. The summed E-state index contributed by atoms with van der Waals surface area (Å²) in [5.41, 5.74) is 2.65. The zero-order valence-electron chi connectivity index (χ0n) is 16.5. The standard InChI is InChI=1S/C23H19N3O3S/c1-15(27)17-8-10-18(11-9-17)22(28)26(14-16-5-4-12-24-13-16)23-25-21-19(29-2)6-3-7-20(21)30-23/h3-13H,14H2,1-2H3. The van der Waals surface area contributed by atoms with E-state index in [-0.39, 0.29) is 11.7 Å². The maximum atomic E-state index is 13.4. The van der Waals surface area contributed by atoms with Crippen LogP contribution < -0.4 is 9.64 Å². The van der Waals surface area contributed by atoms with Gasteiger partial charge in [0.25, 0.3) is 5.91 Å². The number of amides is 1. The van der Waals surface area contributed by atoms with E-state index < -0.39 is 0 Å². The number of nitrogens with zero attached hydrogens (tertiary/aromatic N) is 3. The second-order valence-electron chi connectivity index (χ2n) is 6.69. The zero-order chi connectivity index (χ0) is 21.1. The molecule has 2 aromatic heterocycles. The van der Waals surface area contributed by atoms with Gasteiger partial charge in [0, 0.05) is 23.5 Å². The van der Waals surface area contributed by atoms with Crippen molar-refractivity contribution in [1.29, 1.82) is 0 Å². The number of para-hydroxylation sites is 1. The van der Waals surface area contributed by atoms with Crippen LogP contribution in [0.15, 0.2) is 67.0 Å². The van der Waals surface area contributed by atoms with Gasteiger partial charge in [-0.1, -0.05) is 35.6 Å². The Morgan fingerprint density at radius 2 is 1.80 bits per heavy atom. The number of thiazole rings is 1. The number of Topliss-reactive ketones (excluding diaryl/α,β-unsaturated/α-hetero) is 1. The minimum absolute atomic E-state index is 0.0421. The van der Waals surface area contributed by atoms with Crippen LogP contribution in [0.1, 0.15) is 33.2 Å². The molecule has 30 heavy (non-hydrogen) atoms. The van der Waals surface area contributed by atoms with Gasteiger partial charge in [0.15, 0.2) is 10.9 Å². The van der Waals surface area contributed by atoms with Gasteiger partial charge >= 0.3 is 0 Å². The molecule has 1 amide bonds. The van der Waals surface area contributed by atoms with Crippen molar-refractivity contribution >= 4 is 38.4 Å². The van der Waals surface area contributed by atoms with Crippen LogP contribution in [0, 0.1) is 0 Å². The summed E-state index contributed by atoms with van der Waals surface area (Å²) in [4.78, 5) is 35.5. The SMILES string of the molecule is COc1cccc2sc(N(Cc3cccnc3)C(=O)c3ccc(C(C)=O)cc3)nc12. The second kappa shape index (κ2) is 8.42. The summed E-state index contributed by atoms with van der Waals surface area (Å²) in [5, 5.41) is 0.569. The van der Waals surface area contributed by atoms with Crippen molar-refractivity contribution in [3.05, 3.63) is 83.7 Å². The zero-order valence-corrected chi connectivity index (χ0v) is 17.3. The minimum Gasteiger partial charge on any atom is -0.494 e. The average molecular weight is 417 g/mol. The predicted octanol–water partition coefficient (Wildman–Crippen LogP) is 4.75. The van der Waals surface area contributed by atoms with Crippen LogP contribution in [-0.2, 0) is 6.54 Å². The van der Waals surface area contributed by atoms with Crippen molar-refractivity contribution in [1.82, 2.24) is 9.97 Å². The van der Waals surface area contributed by atoms with Crippen LogP contribution in [-0.4, -0.2) is 28.8 Å². The first-order valence-electron chi connectivity index (χ1n) is 9.32. The lowest BCUT2D eigenvalue weighted by atomic mass is 10.1. The van der Waals surface area contributed by atoms with Gasteiger partial charge in [-0.2, -0.15) is 0 Å². The molecule has 150 valence electrons. The number of pyridine rings is 1. The third kappa shape index (κ3) is 3.92. The molecule has 0 radical (unpaired) electrons. The fraction of sp³-hybridized carbons (Fsp3) is 0.130. The number of fused-ring (bicyclic) bond motifs is 1. The fourth-order valence-corrected chi connectivity index (χ4v) is 4.08. The lowest BCUT2D eigenvalue weighted by Crippen LogP contribution is -2.30. The largest absolute Gasteiger partial charge is 0.494 e. The fourth-order valence-electron chi connectivity index (χ4n) is 3.10. The first kappa shape index (κ1) is 19.7. The topological polar surface area (TPSA) is 72.4 Å². The average Bonchev–Trinajstić information content (AvgIpc) is 3.22. The Labute approximate surface area is 177 Å². The summed E-state index contributed by atoms with van der Waals surface area (Å²) >= 11 is 1.42. The number of methoxy groups -OCH3 is 1. The lowest BCUT2D eigenvalue weighted by Gasteiger charge is -2.20. The Hall–Kier alpha value is -3.58. The Balaban J connectivity index is 1.76. The molecule has 0 aliphatic heterocycles. The Morgan fingerprint density at radius 1 is 1.03 bits per heavy atom. The van der Waals surface area contributed by atoms with Crippen molar-refractivity contribution in [3.8, 4) is 5.75 Å². The second-order valence-corrected chi connectivity index (χ2v) is 7.70. The van der Waals surface area contributed by atoms with Crippen molar-refractivity contribution in [2.24, 2.45) is 0 Å². The van der Waals surface area contributed by atoms with Gasteiger partial charge in [0.1, 0.15) is 11.3 Å². The number of anilines is 1. The summed E-state index contributed by atoms with van der Waals surface area (Å²) in [6.45, 7) is 1.82. The number of carbonyl (C=O) groups excluding carboxylic acids is 2. The van der Waals surface area contributed by atoms with Gasteiger partial charge < -0.3 is 4.74 Å². The maximum absolute atomic E-state index is 13.4. The van der Waals surface area contributed by atoms with Gasteiger partial charge in [-0.05, 0) is 42.8 Å². The Bertz CT molecular complexity index is 1200. The highest BCUT2D eigenvalue weighted by Gasteiger charge is 2.23. The van der Waals surface area contributed by atoms with Crippen molar-refractivity contribution < 1.29 is 14.3 Å². The number of rotatable bonds is 6. The summed E-state index contributed by atoms with van der Waals surface area (Å²) in [5.74, 6) is 0.418. The van der Waals surface area contributed by atoms with E-state index >= 15 is 0 Å². The minimum atomic E-state index is -0.202. The van der Waals surface area contributed by atoms with E-state index in [0.29, 0.717) is 28.6 Å². The van der Waals surface area contributed by atoms with Gasteiger partial charge in [-0.25, -0.2) is 4.98 Å². The molecule has 0 aliphatic carbocycles. The monoisotopic (exact) mass is 417 g/mol. The highest BCUT2D eigenvalue weighted by Crippen LogP contribution is 2.35. The number of carbonyl (C=O) groups is 2. The molecule has 4 rings (SSSR count). The summed E-state index contributed by atoms with van der Waals surface area (Å²) in [7, 11) is 1.60. The van der Waals surface area contributed by atoms with E-state index in [1.807, 2.05) is 30.3 Å². The first-order valence-corrected chi connectivity index (χ1v) is 10.1. The molecule has 0 aliphatic rings. The van der Waals surface area contributed by atoms with E-state index in [2.05, 4.69) is 4.98 Å². The molecule has 0 atom stereocenters. The summed E-state index contributed by atoms with van der Waals surface area (Å²) < 4.78 is 6.35. The van der Waals surface area contributed by atoms with Gasteiger partial charge in [-0.3, -0.25) is 19.5 Å². The summed E-state index contributed by atoms with van der Waals surface area (Å²) in [6.07, 6.45) is 3.42. The highest BCUT2D eigenvalue weighted by atomic mass is 32.1. The van der Waals surface area contributed by atoms with Crippen LogP contribution in [0.25, 0.3) is 10.2 Å². The molecule has 4 aromatic rings. The Kier molecular flexibility index (Phi) is 5.54. The van der Waals surface area contributed by atoms with E-state index in [1.165, 1.54) is 18.3 Å². The van der Waals surface area contributed by atoms with E-state index in [4.69, 9.17) is 9.72 Å². The van der Waals surface area contributed by atoms with Crippen LogP contribution in [0.5, 0.6) is 5.75 Å². The third-order valence-electron chi connectivity index (χ3n) is 4.67. The van der Waals surface area contributed by atoms with Crippen LogP contribution >= 0.6 is 11.3 Å². The van der Waals surface area contributed by atoms with E-state index in [0.717, 1.165) is 15.8 Å². The molecule has 7 heteroatoms. The number of hydrogen-bond acceptors (Lipinski definition) is 6. The van der Waals surface area contributed by atoms with Gasteiger partial charge in [0.2, 0.25) is 0 Å². The number of hydrogen-bond donors (Lipinski definition) is 0. The third-order valence-corrected chi connectivity index (χ3v) is 5.71. The number of aromatic nitrogens is 2. The summed E-state index contributed by atoms with van der Waals surface area (Å²) in [6, 6.07) is 16.1. The normalized spacial score (nSPS) is 10.7. The molecule has 0 N–H and O–H groups in total. The lowest BCUT2D eigenvalue weighted by molar-refractivity contribution is 0.0981. The molecule has 0 fully saturated rings. The molecule has 2 heterocycles. The van der Waals surface area contributed by atoms with E-state index in [1.54, 1.807) is 48.7 Å². The van der Waals surface area contributed by atoms with Gasteiger partial charge in [0.05, 0.1) is 18.4 Å². The predicted molar refractivity (Wildman–Crippen MR) is 117 cm³/mol. The molecular weight excluding hydrogens is 398 g/mol. The smallest absolute Gasteiger partial charge is 0.260 e. The molecule has 0 saturated heterocycles. The van der Waals surface area contributed by atoms with Crippen LogP contribution in [0.4, 0.5) is 5.13 Å². The first-order chi connectivity index (χ1) is 14.6. The number of ketones is 1. The van der Waals surface area contributed by atoms with Crippen molar-refractivity contribution in [3.63, 3.8) is 0 Å². The maximum Gasteiger partial charge on any atom is 0.260 e. The molecule has 6 nitrogen and oxygen atoms in total. The Morgan fingerprint density at radius 3 is 2.47 bits per heavy atom. The molecule has 0 bridgehead atoms. The van der Waals surface area contributed by atoms with E-state index in [9.17, 15) is 9.59 Å². The van der Waals surface area contributed by atoms with Crippen LogP contribution in [0.2, 0.25) is 0 Å². The van der Waals surface area contributed by atoms with Crippen LogP contribution in [0.3, 0.4) is 0 Å². The van der Waals surface area contributed by atoms with Crippen molar-refractivity contribution in [2.75, 3.05) is 12.0 Å². The molecule has 0 spiro atoms. The molecule has 0 unspecified atom stereocenters. The highest BCUT2D eigenvalue weighted by molar-refractivity contribution is 7.22. The number of benzene rings is 2. The number of ether oxygens (including phenoxy) is 1. The van der Waals surface area contributed by atoms with Crippen molar-refractivity contribution in [2.45, 2.75) is 13.5 Å². The quantitative estimate of drug-likeness (QED) is 0.423. The molecule has 2 aromatic carbocycles. The van der Waals surface area contributed by atoms with Gasteiger partial charge in [-0.15, -0.1) is 0 Å².